The predicted octanol–water partition coefficient (Wildman–Crippen LogP) is 3.02. The van der Waals surface area contributed by atoms with E-state index in [4.69, 9.17) is 0 Å². The summed E-state index contributed by atoms with van der Waals surface area (Å²) in [6, 6.07) is 6.07. The molecule has 0 amide bonds. The Labute approximate surface area is 130 Å². The molecule has 0 fully saturated rings. The number of aryl methyl sites for hydroxylation is 1. The second-order valence-corrected chi connectivity index (χ2v) is 6.08. The standard InChI is InChI=1S/C17H21N5/c1-2-4-9-16-19-20-17(22(16)11-6-3-1)12-14-13-21-10-7-5-8-15(21)18-14/h5,7-8,10,13H,1-4,6,9,11-12H2. The topological polar surface area (TPSA) is 48.0 Å². The molecule has 4 heterocycles. The molecule has 0 bridgehead atoms. The van der Waals surface area contributed by atoms with Crippen LogP contribution in [0.15, 0.2) is 30.6 Å². The molecule has 0 spiro atoms. The van der Waals surface area contributed by atoms with E-state index in [0.717, 1.165) is 42.4 Å². The van der Waals surface area contributed by atoms with Gasteiger partial charge in [0.2, 0.25) is 0 Å². The highest BCUT2D eigenvalue weighted by Gasteiger charge is 2.14. The van der Waals surface area contributed by atoms with E-state index in [0.29, 0.717) is 0 Å². The minimum Gasteiger partial charge on any atom is -0.315 e. The third-order valence-corrected chi connectivity index (χ3v) is 4.44. The van der Waals surface area contributed by atoms with Crippen molar-refractivity contribution < 1.29 is 0 Å². The predicted molar refractivity (Wildman–Crippen MR) is 84.8 cm³/mol. The van der Waals surface area contributed by atoms with Crippen LogP contribution in [0.2, 0.25) is 0 Å². The van der Waals surface area contributed by atoms with Crippen LogP contribution in [0.4, 0.5) is 0 Å². The number of rotatable bonds is 2. The molecule has 0 unspecified atom stereocenters. The van der Waals surface area contributed by atoms with Crippen molar-refractivity contribution in [2.24, 2.45) is 0 Å². The Kier molecular flexibility index (Phi) is 3.62. The minimum absolute atomic E-state index is 0.759. The van der Waals surface area contributed by atoms with Gasteiger partial charge in [0.25, 0.3) is 0 Å². The van der Waals surface area contributed by atoms with Gasteiger partial charge in [-0.15, -0.1) is 10.2 Å². The third kappa shape index (κ3) is 2.63. The van der Waals surface area contributed by atoms with Gasteiger partial charge in [-0.1, -0.05) is 25.3 Å². The van der Waals surface area contributed by atoms with Crippen molar-refractivity contribution in [1.29, 1.82) is 0 Å². The summed E-state index contributed by atoms with van der Waals surface area (Å²) >= 11 is 0. The van der Waals surface area contributed by atoms with Crippen molar-refractivity contribution in [3.05, 3.63) is 47.9 Å². The highest BCUT2D eigenvalue weighted by Crippen LogP contribution is 2.16. The van der Waals surface area contributed by atoms with Gasteiger partial charge in [0, 0.05) is 25.4 Å². The van der Waals surface area contributed by atoms with E-state index in [9.17, 15) is 0 Å². The summed E-state index contributed by atoms with van der Waals surface area (Å²) in [5, 5.41) is 8.87. The molecule has 0 atom stereocenters. The molecule has 5 heteroatoms. The van der Waals surface area contributed by atoms with E-state index >= 15 is 0 Å². The van der Waals surface area contributed by atoms with Crippen LogP contribution in [-0.2, 0) is 19.4 Å². The van der Waals surface area contributed by atoms with Crippen LogP contribution in [0.1, 0.15) is 49.4 Å². The summed E-state index contributed by atoms with van der Waals surface area (Å²) < 4.78 is 4.39. The van der Waals surface area contributed by atoms with Crippen LogP contribution in [0.5, 0.6) is 0 Å². The molecule has 0 saturated carbocycles. The Morgan fingerprint density at radius 3 is 2.86 bits per heavy atom. The number of pyridine rings is 1. The molecular formula is C17H21N5. The molecule has 1 aliphatic heterocycles. The van der Waals surface area contributed by atoms with Gasteiger partial charge in [-0.25, -0.2) is 4.98 Å². The first-order chi connectivity index (χ1) is 10.9. The van der Waals surface area contributed by atoms with E-state index in [2.05, 4.69) is 30.3 Å². The minimum atomic E-state index is 0.759. The van der Waals surface area contributed by atoms with E-state index < -0.39 is 0 Å². The summed E-state index contributed by atoms with van der Waals surface area (Å²) in [6.45, 7) is 1.05. The van der Waals surface area contributed by atoms with Crippen molar-refractivity contribution in [2.45, 2.75) is 51.5 Å². The molecule has 3 aromatic heterocycles. The van der Waals surface area contributed by atoms with E-state index in [1.165, 1.54) is 32.1 Å². The Morgan fingerprint density at radius 1 is 1.00 bits per heavy atom. The van der Waals surface area contributed by atoms with E-state index in [-0.39, 0.29) is 0 Å². The largest absolute Gasteiger partial charge is 0.315 e. The monoisotopic (exact) mass is 295 g/mol. The summed E-state index contributed by atoms with van der Waals surface area (Å²) in [6.07, 6.45) is 12.4. The number of fused-ring (bicyclic) bond motifs is 2. The van der Waals surface area contributed by atoms with Crippen molar-refractivity contribution in [3.63, 3.8) is 0 Å². The maximum absolute atomic E-state index is 4.68. The Bertz CT molecular complexity index is 737. The molecule has 0 N–H and O–H groups in total. The van der Waals surface area contributed by atoms with Crippen LogP contribution in [-0.4, -0.2) is 24.1 Å². The maximum atomic E-state index is 4.68. The van der Waals surface area contributed by atoms with Crippen LogP contribution in [0, 0.1) is 0 Å². The Balaban J connectivity index is 1.62. The van der Waals surface area contributed by atoms with Crippen molar-refractivity contribution in [1.82, 2.24) is 24.1 Å². The first-order valence-electron chi connectivity index (χ1n) is 8.24. The third-order valence-electron chi connectivity index (χ3n) is 4.44. The molecular weight excluding hydrogens is 274 g/mol. The lowest BCUT2D eigenvalue weighted by Gasteiger charge is -2.07. The highest BCUT2D eigenvalue weighted by atomic mass is 15.3. The summed E-state index contributed by atoms with van der Waals surface area (Å²) in [5.74, 6) is 2.21. The Hall–Kier alpha value is -2.17. The Morgan fingerprint density at radius 2 is 1.91 bits per heavy atom. The van der Waals surface area contributed by atoms with Gasteiger partial charge in [-0.05, 0) is 25.0 Å². The molecule has 22 heavy (non-hydrogen) atoms. The zero-order valence-corrected chi connectivity index (χ0v) is 12.8. The average molecular weight is 295 g/mol. The van der Waals surface area contributed by atoms with Crippen molar-refractivity contribution >= 4 is 5.65 Å². The van der Waals surface area contributed by atoms with E-state index in [1.54, 1.807) is 0 Å². The number of hydrogen-bond donors (Lipinski definition) is 0. The molecule has 0 radical (unpaired) electrons. The zero-order chi connectivity index (χ0) is 14.8. The van der Waals surface area contributed by atoms with Gasteiger partial charge in [0.15, 0.2) is 0 Å². The van der Waals surface area contributed by atoms with Crippen LogP contribution < -0.4 is 0 Å². The summed E-state index contributed by atoms with van der Waals surface area (Å²) in [4.78, 5) is 4.68. The SMILES string of the molecule is c1ccn2cc(Cc3nnc4n3CCCCCCC4)nc2c1. The number of hydrogen-bond acceptors (Lipinski definition) is 3. The van der Waals surface area contributed by atoms with Crippen molar-refractivity contribution in [2.75, 3.05) is 0 Å². The van der Waals surface area contributed by atoms with Crippen LogP contribution in [0.25, 0.3) is 5.65 Å². The second kappa shape index (κ2) is 5.91. The van der Waals surface area contributed by atoms with Gasteiger partial charge in [-0.2, -0.15) is 0 Å². The maximum Gasteiger partial charge on any atom is 0.139 e. The quantitative estimate of drug-likeness (QED) is 0.730. The zero-order valence-electron chi connectivity index (χ0n) is 12.8. The second-order valence-electron chi connectivity index (χ2n) is 6.08. The molecule has 0 aliphatic carbocycles. The summed E-state index contributed by atoms with van der Waals surface area (Å²) in [7, 11) is 0. The van der Waals surface area contributed by atoms with E-state index in [1.807, 2.05) is 24.4 Å². The number of imidazole rings is 1. The molecule has 5 nitrogen and oxygen atoms in total. The summed E-state index contributed by atoms with van der Waals surface area (Å²) in [5.41, 5.74) is 2.04. The van der Waals surface area contributed by atoms with Crippen LogP contribution >= 0.6 is 0 Å². The molecule has 4 rings (SSSR count). The van der Waals surface area contributed by atoms with Gasteiger partial charge in [0.05, 0.1) is 12.1 Å². The number of nitrogens with zero attached hydrogens (tertiary/aromatic N) is 5. The normalized spacial score (nSPS) is 16.0. The van der Waals surface area contributed by atoms with Gasteiger partial charge >= 0.3 is 0 Å². The van der Waals surface area contributed by atoms with Gasteiger partial charge in [0.1, 0.15) is 17.3 Å². The van der Waals surface area contributed by atoms with Gasteiger partial charge in [-0.3, -0.25) is 0 Å². The lowest BCUT2D eigenvalue weighted by molar-refractivity contribution is 0.570. The lowest BCUT2D eigenvalue weighted by atomic mass is 10.1. The van der Waals surface area contributed by atoms with Crippen LogP contribution in [0.3, 0.4) is 0 Å². The molecule has 3 aromatic rings. The average Bonchev–Trinajstić information content (AvgIpc) is 3.12. The fourth-order valence-electron chi connectivity index (χ4n) is 3.26. The van der Waals surface area contributed by atoms with Gasteiger partial charge < -0.3 is 8.97 Å². The fraction of sp³-hybridized carbons (Fsp3) is 0.471. The lowest BCUT2D eigenvalue weighted by Crippen LogP contribution is -2.08. The smallest absolute Gasteiger partial charge is 0.139 e. The first kappa shape index (κ1) is 13.5. The first-order valence-corrected chi connectivity index (χ1v) is 8.24. The molecule has 0 aromatic carbocycles. The number of aromatic nitrogens is 5. The molecule has 1 aliphatic rings. The highest BCUT2D eigenvalue weighted by molar-refractivity contribution is 5.39. The molecule has 114 valence electrons. The fourth-order valence-corrected chi connectivity index (χ4v) is 3.26. The van der Waals surface area contributed by atoms with Crippen molar-refractivity contribution in [3.8, 4) is 0 Å². The molecule has 0 saturated heterocycles.